The van der Waals surface area contributed by atoms with E-state index in [-0.39, 0.29) is 22.7 Å². The summed E-state index contributed by atoms with van der Waals surface area (Å²) in [6.07, 6.45) is 2.44. The van der Waals surface area contributed by atoms with Gasteiger partial charge in [0.2, 0.25) is 5.91 Å². The number of hydrogen-bond acceptors (Lipinski definition) is 4. The molecular formula is C13H14N2O4S. The van der Waals surface area contributed by atoms with Gasteiger partial charge in [-0.05, 0) is 25.0 Å². The molecule has 1 unspecified atom stereocenters. The second-order valence-corrected chi connectivity index (χ2v) is 6.20. The lowest BCUT2D eigenvalue weighted by atomic mass is 10.2. The molecule has 2 heterocycles. The van der Waals surface area contributed by atoms with Gasteiger partial charge in [0, 0.05) is 19.0 Å². The van der Waals surface area contributed by atoms with Crippen LogP contribution in [0.25, 0.3) is 0 Å². The fraction of sp³-hybridized carbons (Fsp3) is 0.462. The number of aromatic carboxylic acids is 1. The number of hydrogen-bond donors (Lipinski definition) is 2. The second kappa shape index (κ2) is 4.90. The minimum Gasteiger partial charge on any atom is -0.477 e. The molecule has 1 saturated heterocycles. The standard InChI is InChI=1S/C13H14N2O4S/c16-11-5-7(6-15(11)8-1-2-8)14-12(17)9-3-4-10(20-9)13(18)19/h3-4,7-8H,1-2,5-6H2,(H,14,17)(H,18,19). The van der Waals surface area contributed by atoms with E-state index in [2.05, 4.69) is 5.32 Å². The monoisotopic (exact) mass is 294 g/mol. The molecule has 2 amide bonds. The maximum absolute atomic E-state index is 12.0. The lowest BCUT2D eigenvalue weighted by Gasteiger charge is -2.15. The van der Waals surface area contributed by atoms with Crippen molar-refractivity contribution >= 4 is 29.1 Å². The van der Waals surface area contributed by atoms with Gasteiger partial charge in [-0.3, -0.25) is 9.59 Å². The average molecular weight is 294 g/mol. The van der Waals surface area contributed by atoms with E-state index >= 15 is 0 Å². The molecule has 2 aliphatic rings. The lowest BCUT2D eigenvalue weighted by Crippen LogP contribution is -2.37. The Morgan fingerprint density at radius 3 is 2.60 bits per heavy atom. The van der Waals surface area contributed by atoms with Crippen molar-refractivity contribution in [1.29, 1.82) is 0 Å². The number of carboxylic acids is 1. The van der Waals surface area contributed by atoms with Crippen LogP contribution in [0.1, 0.15) is 38.6 Å². The molecule has 1 saturated carbocycles. The summed E-state index contributed by atoms with van der Waals surface area (Å²) in [4.78, 5) is 36.9. The van der Waals surface area contributed by atoms with Crippen molar-refractivity contribution in [2.45, 2.75) is 31.3 Å². The van der Waals surface area contributed by atoms with Crippen LogP contribution in [-0.4, -0.2) is 46.4 Å². The maximum Gasteiger partial charge on any atom is 0.345 e. The van der Waals surface area contributed by atoms with Crippen molar-refractivity contribution in [1.82, 2.24) is 10.2 Å². The summed E-state index contributed by atoms with van der Waals surface area (Å²) in [6, 6.07) is 3.10. The highest BCUT2D eigenvalue weighted by Gasteiger charge is 2.39. The third-order valence-corrected chi connectivity index (χ3v) is 4.59. The van der Waals surface area contributed by atoms with E-state index < -0.39 is 5.97 Å². The molecule has 1 aromatic rings. The van der Waals surface area contributed by atoms with E-state index in [0.29, 0.717) is 23.9 Å². The van der Waals surface area contributed by atoms with E-state index in [1.165, 1.54) is 12.1 Å². The van der Waals surface area contributed by atoms with Gasteiger partial charge in [0.15, 0.2) is 0 Å². The van der Waals surface area contributed by atoms with Crippen molar-refractivity contribution in [3.63, 3.8) is 0 Å². The largest absolute Gasteiger partial charge is 0.477 e. The topological polar surface area (TPSA) is 86.7 Å². The van der Waals surface area contributed by atoms with Gasteiger partial charge in [-0.1, -0.05) is 0 Å². The highest BCUT2D eigenvalue weighted by Crippen LogP contribution is 2.30. The normalized spacial score (nSPS) is 22.1. The molecule has 0 aromatic carbocycles. The van der Waals surface area contributed by atoms with Gasteiger partial charge in [-0.2, -0.15) is 0 Å². The molecule has 7 heteroatoms. The Bertz CT molecular complexity index is 579. The molecule has 2 fully saturated rings. The van der Waals surface area contributed by atoms with Crippen LogP contribution in [0, 0.1) is 0 Å². The number of carbonyl (C=O) groups is 3. The molecule has 0 spiro atoms. The van der Waals surface area contributed by atoms with Gasteiger partial charge >= 0.3 is 5.97 Å². The van der Waals surface area contributed by atoms with Gasteiger partial charge in [0.25, 0.3) is 5.91 Å². The summed E-state index contributed by atoms with van der Waals surface area (Å²) >= 11 is 0.943. The molecule has 20 heavy (non-hydrogen) atoms. The van der Waals surface area contributed by atoms with Crippen molar-refractivity contribution < 1.29 is 19.5 Å². The first kappa shape index (κ1) is 13.1. The molecule has 1 atom stereocenters. The van der Waals surface area contributed by atoms with E-state index in [1.54, 1.807) is 0 Å². The maximum atomic E-state index is 12.0. The first-order chi connectivity index (χ1) is 9.54. The SMILES string of the molecule is O=C(O)c1ccc(C(=O)NC2CC(=O)N(C3CC3)C2)s1. The summed E-state index contributed by atoms with van der Waals surface area (Å²) < 4.78 is 0. The number of carboxylic acid groups (broad SMARTS) is 1. The van der Waals surface area contributed by atoms with Gasteiger partial charge in [-0.25, -0.2) is 4.79 Å². The third kappa shape index (κ3) is 2.53. The van der Waals surface area contributed by atoms with E-state index in [1.807, 2.05) is 4.90 Å². The van der Waals surface area contributed by atoms with Crippen molar-refractivity contribution in [3.05, 3.63) is 21.9 Å². The van der Waals surface area contributed by atoms with Crippen LogP contribution in [-0.2, 0) is 4.79 Å². The minimum absolute atomic E-state index is 0.0928. The zero-order valence-electron chi connectivity index (χ0n) is 10.7. The van der Waals surface area contributed by atoms with E-state index in [0.717, 1.165) is 24.2 Å². The second-order valence-electron chi connectivity index (χ2n) is 5.12. The fourth-order valence-corrected chi connectivity index (χ4v) is 3.15. The summed E-state index contributed by atoms with van der Waals surface area (Å²) in [7, 11) is 0. The van der Waals surface area contributed by atoms with Crippen LogP contribution in [0.2, 0.25) is 0 Å². The number of nitrogens with zero attached hydrogens (tertiary/aromatic N) is 1. The zero-order valence-corrected chi connectivity index (χ0v) is 11.5. The van der Waals surface area contributed by atoms with Gasteiger partial charge in [-0.15, -0.1) is 11.3 Å². The van der Waals surface area contributed by atoms with Crippen LogP contribution in [0.3, 0.4) is 0 Å². The lowest BCUT2D eigenvalue weighted by molar-refractivity contribution is -0.128. The summed E-state index contributed by atoms with van der Waals surface area (Å²) in [5.74, 6) is -1.25. The average Bonchev–Trinajstić information content (AvgIpc) is 2.98. The van der Waals surface area contributed by atoms with Crippen molar-refractivity contribution in [2.75, 3.05) is 6.54 Å². The quantitative estimate of drug-likeness (QED) is 0.865. The van der Waals surface area contributed by atoms with Crippen molar-refractivity contribution in [3.8, 4) is 0 Å². The third-order valence-electron chi connectivity index (χ3n) is 3.52. The van der Waals surface area contributed by atoms with Crippen LogP contribution >= 0.6 is 11.3 Å². The number of nitrogens with one attached hydrogen (secondary N) is 1. The molecule has 1 aliphatic heterocycles. The molecule has 1 aliphatic carbocycles. The van der Waals surface area contributed by atoms with Crippen molar-refractivity contribution in [2.24, 2.45) is 0 Å². The Hall–Kier alpha value is -1.89. The van der Waals surface area contributed by atoms with E-state index in [9.17, 15) is 14.4 Å². The molecule has 2 N–H and O–H groups in total. The highest BCUT2D eigenvalue weighted by atomic mass is 32.1. The Morgan fingerprint density at radius 2 is 2.00 bits per heavy atom. The Labute approximate surface area is 119 Å². The zero-order chi connectivity index (χ0) is 14.3. The molecule has 0 bridgehead atoms. The molecular weight excluding hydrogens is 280 g/mol. The van der Waals surface area contributed by atoms with Crippen LogP contribution in [0.15, 0.2) is 12.1 Å². The smallest absolute Gasteiger partial charge is 0.345 e. The molecule has 6 nitrogen and oxygen atoms in total. The molecule has 0 radical (unpaired) electrons. The van der Waals surface area contributed by atoms with E-state index in [4.69, 9.17) is 5.11 Å². The van der Waals surface area contributed by atoms with Crippen LogP contribution in [0.4, 0.5) is 0 Å². The number of amides is 2. The number of carbonyl (C=O) groups excluding carboxylic acids is 2. The van der Waals surface area contributed by atoms with Crippen LogP contribution in [0.5, 0.6) is 0 Å². The summed E-state index contributed by atoms with van der Waals surface area (Å²) in [6.45, 7) is 0.562. The highest BCUT2D eigenvalue weighted by molar-refractivity contribution is 7.15. The summed E-state index contributed by atoms with van der Waals surface area (Å²) in [5.41, 5.74) is 0. The van der Waals surface area contributed by atoms with Gasteiger partial charge in [0.1, 0.15) is 4.88 Å². The van der Waals surface area contributed by atoms with Gasteiger partial charge in [0.05, 0.1) is 10.9 Å². The fourth-order valence-electron chi connectivity index (χ4n) is 2.40. The predicted octanol–water partition coefficient (Wildman–Crippen LogP) is 0.939. The number of rotatable bonds is 4. The molecule has 106 valence electrons. The number of likely N-dealkylation sites (tertiary alicyclic amines) is 1. The first-order valence-electron chi connectivity index (χ1n) is 6.48. The molecule has 1 aromatic heterocycles. The minimum atomic E-state index is -1.04. The first-order valence-corrected chi connectivity index (χ1v) is 7.29. The number of thiophene rings is 1. The summed E-state index contributed by atoms with van der Waals surface area (Å²) in [5, 5.41) is 11.6. The Kier molecular flexibility index (Phi) is 3.21. The van der Waals surface area contributed by atoms with Gasteiger partial charge < -0.3 is 15.3 Å². The molecule has 3 rings (SSSR count). The predicted molar refractivity (Wildman–Crippen MR) is 71.9 cm³/mol. The Balaban J connectivity index is 1.61. The Morgan fingerprint density at radius 1 is 1.30 bits per heavy atom. The van der Waals surface area contributed by atoms with Crippen LogP contribution < -0.4 is 5.32 Å².